The first-order chi connectivity index (χ1) is 22.2. The number of hydrogen-bond donors (Lipinski definition) is 2. The molecule has 9 heteroatoms. The first-order valence-corrected chi connectivity index (χ1v) is 19.3. The van der Waals surface area contributed by atoms with Crippen LogP contribution in [0.4, 0.5) is 4.79 Å². The van der Waals surface area contributed by atoms with Crippen LogP contribution in [0.25, 0.3) is 11.1 Å². The summed E-state index contributed by atoms with van der Waals surface area (Å²) in [6.07, 6.45) is -0.678. The molecule has 0 heterocycles. The molecule has 0 aromatic heterocycles. The molecule has 1 aliphatic rings. The van der Waals surface area contributed by atoms with Crippen molar-refractivity contribution < 1.29 is 23.9 Å². The number of carbonyl (C=O) groups is 3. The van der Waals surface area contributed by atoms with Crippen molar-refractivity contribution in [2.24, 2.45) is 0 Å². The van der Waals surface area contributed by atoms with E-state index in [1.54, 1.807) is 20.8 Å². The van der Waals surface area contributed by atoms with E-state index in [4.69, 9.17) is 9.47 Å². The minimum absolute atomic E-state index is 0.0949. The molecule has 2 N–H and O–H groups in total. The van der Waals surface area contributed by atoms with E-state index in [1.165, 1.54) is 0 Å². The monoisotopic (exact) mass is 750 g/mol. The topological polar surface area (TPSA) is 93.7 Å². The molecule has 4 aromatic carbocycles. The van der Waals surface area contributed by atoms with Crippen molar-refractivity contribution >= 4 is 56.8 Å². The average molecular weight is 749 g/mol. The van der Waals surface area contributed by atoms with Crippen LogP contribution in [0, 0.1) is 0 Å². The van der Waals surface area contributed by atoms with Crippen LogP contribution in [0.15, 0.2) is 109 Å². The number of alkyl carbamates (subject to hydrolysis) is 1. The molecular weight excluding hydrogens is 710 g/mol. The maximum absolute atomic E-state index is 13.8. The zero-order valence-corrected chi connectivity index (χ0v) is 29.5. The van der Waals surface area contributed by atoms with E-state index in [1.807, 2.05) is 84.9 Å². The Morgan fingerprint density at radius 1 is 0.674 bits per heavy atom. The molecule has 0 radical (unpaired) electrons. The molecule has 1 aliphatic carbocycles. The third-order valence-electron chi connectivity index (χ3n) is 7.28. The van der Waals surface area contributed by atoms with Crippen molar-refractivity contribution in [1.29, 1.82) is 0 Å². The van der Waals surface area contributed by atoms with Crippen molar-refractivity contribution in [2.75, 3.05) is 6.61 Å². The quantitative estimate of drug-likeness (QED) is 0.163. The number of carbonyl (C=O) groups excluding carboxylic acids is 3. The van der Waals surface area contributed by atoms with Crippen LogP contribution in [0.2, 0.25) is 10.6 Å². The Hall–Kier alpha value is -3.87. The third kappa shape index (κ3) is 9.11. The van der Waals surface area contributed by atoms with E-state index in [9.17, 15) is 14.4 Å². The van der Waals surface area contributed by atoms with E-state index in [0.717, 1.165) is 31.2 Å². The summed E-state index contributed by atoms with van der Waals surface area (Å²) in [5, 5.41) is 6.50. The van der Waals surface area contributed by atoms with Gasteiger partial charge in [-0.15, -0.1) is 0 Å². The van der Waals surface area contributed by atoms with Gasteiger partial charge < -0.3 is 0 Å². The van der Waals surface area contributed by atoms with Crippen molar-refractivity contribution in [3.63, 3.8) is 0 Å². The van der Waals surface area contributed by atoms with Gasteiger partial charge in [-0.05, 0) is 0 Å². The summed E-state index contributed by atoms with van der Waals surface area (Å²) in [4.78, 5) is 40.3. The minimum atomic E-state index is -0.886. The first-order valence-electron chi connectivity index (χ1n) is 15.2. The number of rotatable bonds is 12. The van der Waals surface area contributed by atoms with E-state index in [-0.39, 0.29) is 42.4 Å². The fourth-order valence-electron chi connectivity index (χ4n) is 5.17. The van der Waals surface area contributed by atoms with Crippen molar-refractivity contribution in [1.82, 2.24) is 10.6 Å². The van der Waals surface area contributed by atoms with E-state index >= 15 is 0 Å². The van der Waals surface area contributed by atoms with Gasteiger partial charge in [-0.2, -0.15) is 0 Å². The van der Waals surface area contributed by atoms with Gasteiger partial charge in [0.2, 0.25) is 0 Å². The summed E-state index contributed by atoms with van der Waals surface area (Å²) in [6.45, 7) is 5.48. The second kappa shape index (κ2) is 15.6. The molecule has 0 saturated carbocycles. The van der Waals surface area contributed by atoms with Crippen LogP contribution < -0.4 is 19.6 Å². The Kier molecular flexibility index (Phi) is 11.4. The van der Waals surface area contributed by atoms with Gasteiger partial charge in [0, 0.05) is 0 Å². The normalized spacial score (nSPS) is 13.5. The molecule has 0 fully saturated rings. The molecule has 238 valence electrons. The predicted molar refractivity (Wildman–Crippen MR) is 183 cm³/mol. The predicted octanol–water partition coefficient (Wildman–Crippen LogP) is 4.62. The number of fused-ring (bicyclic) bond motifs is 3. The number of nitrogens with one attached hydrogen (secondary N) is 2. The van der Waals surface area contributed by atoms with Crippen LogP contribution in [0.5, 0.6) is 0 Å². The van der Waals surface area contributed by atoms with Gasteiger partial charge in [-0.1, -0.05) is 0 Å². The van der Waals surface area contributed by atoms with Gasteiger partial charge in [0.25, 0.3) is 0 Å². The molecule has 46 heavy (non-hydrogen) atoms. The number of benzene rings is 4. The van der Waals surface area contributed by atoms with Gasteiger partial charge in [0.15, 0.2) is 0 Å². The second-order valence-corrected chi connectivity index (χ2v) is 16.5. The van der Waals surface area contributed by atoms with Crippen LogP contribution >= 0.6 is 0 Å². The van der Waals surface area contributed by atoms with Gasteiger partial charge >= 0.3 is 284 Å². The van der Waals surface area contributed by atoms with Gasteiger partial charge in [-0.25, -0.2) is 0 Å². The van der Waals surface area contributed by atoms with Gasteiger partial charge in [0.1, 0.15) is 0 Å². The van der Waals surface area contributed by atoms with Crippen molar-refractivity contribution in [3.05, 3.63) is 120 Å². The standard InChI is InChI=1S/C37H38N2O5Se2/c1-37(2,3)44-36(42)39-32(23-45-25-14-6-4-7-15-25)34(40)38-33(24-46-26-16-8-5-9-17-26)35(41)43-22-31-29-20-12-10-18-27(29)28-19-11-13-21-30(28)31/h4-21,31-33H,22-24H2,1-3H3,(H,38,40)(H,39,42)/t32-,33-/m0/s1. The SMILES string of the molecule is CC(C)(C)OC(=O)N[C@@H](C[Se]c1ccccc1)C(=O)N[C@@H](C[Se]c1ccccc1)C(=O)OCC1c2ccccc2-c2ccccc21. The zero-order valence-electron chi connectivity index (χ0n) is 26.1. The number of ether oxygens (including phenoxy) is 2. The van der Waals surface area contributed by atoms with Crippen LogP contribution in [-0.4, -0.2) is 72.2 Å². The molecule has 0 spiro atoms. The Bertz CT molecular complexity index is 1600. The number of hydrogen-bond acceptors (Lipinski definition) is 5. The molecule has 5 rings (SSSR count). The number of esters is 1. The molecule has 2 atom stereocenters. The average Bonchev–Trinajstić information content (AvgIpc) is 3.37. The summed E-state index contributed by atoms with van der Waals surface area (Å²) in [5.74, 6) is -1.02. The molecule has 0 aliphatic heterocycles. The summed E-state index contributed by atoms with van der Waals surface area (Å²) in [5.41, 5.74) is 3.81. The molecule has 7 nitrogen and oxygen atoms in total. The summed E-state index contributed by atoms with van der Waals surface area (Å²) in [6, 6.07) is 34.4. The zero-order chi connectivity index (χ0) is 32.5. The summed E-state index contributed by atoms with van der Waals surface area (Å²) in [7, 11) is 0. The fraction of sp³-hybridized carbons (Fsp3) is 0.270. The Morgan fingerprint density at radius 3 is 1.67 bits per heavy atom. The molecule has 4 aromatic rings. The summed E-state index contributed by atoms with van der Waals surface area (Å²) < 4.78 is 13.7. The Balaban J connectivity index is 1.32. The second-order valence-electron chi connectivity index (χ2n) is 11.9. The molecule has 0 bridgehead atoms. The van der Waals surface area contributed by atoms with Crippen LogP contribution in [0.1, 0.15) is 37.8 Å². The van der Waals surface area contributed by atoms with Gasteiger partial charge in [0.05, 0.1) is 0 Å². The van der Waals surface area contributed by atoms with Crippen molar-refractivity contribution in [2.45, 2.75) is 55.0 Å². The summed E-state index contributed by atoms with van der Waals surface area (Å²) >= 11 is -0.210. The molecule has 0 unspecified atom stereocenters. The number of amides is 2. The molecule has 2 amide bonds. The Labute approximate surface area is 283 Å². The van der Waals surface area contributed by atoms with Crippen molar-refractivity contribution in [3.8, 4) is 11.1 Å². The van der Waals surface area contributed by atoms with E-state index < -0.39 is 35.7 Å². The van der Waals surface area contributed by atoms with E-state index in [0.29, 0.717) is 10.6 Å². The molecule has 0 saturated heterocycles. The maximum atomic E-state index is 13.8. The fourth-order valence-corrected chi connectivity index (χ4v) is 9.10. The molecular formula is C37H38N2O5Se2. The van der Waals surface area contributed by atoms with Gasteiger partial charge in [-0.3, -0.25) is 0 Å². The third-order valence-corrected chi connectivity index (χ3v) is 11.9. The van der Waals surface area contributed by atoms with Crippen LogP contribution in [-0.2, 0) is 19.1 Å². The van der Waals surface area contributed by atoms with Crippen LogP contribution in [0.3, 0.4) is 0 Å². The first kappa shape index (κ1) is 33.5. The van der Waals surface area contributed by atoms with E-state index in [2.05, 4.69) is 34.9 Å². The Morgan fingerprint density at radius 2 is 1.15 bits per heavy atom.